The molecule has 106 valence electrons. The minimum Gasteiger partial charge on any atom is -0.496 e. The summed E-state index contributed by atoms with van der Waals surface area (Å²) < 4.78 is 5.67. The minimum absolute atomic E-state index is 0.650. The van der Waals surface area contributed by atoms with Gasteiger partial charge in [-0.2, -0.15) is 0 Å². The van der Waals surface area contributed by atoms with Gasteiger partial charge in [-0.1, -0.05) is 18.9 Å². The van der Waals surface area contributed by atoms with Crippen LogP contribution in [0.1, 0.15) is 48.3 Å². The van der Waals surface area contributed by atoms with Gasteiger partial charge in [0.15, 0.2) is 0 Å². The van der Waals surface area contributed by atoms with E-state index in [1.807, 2.05) is 0 Å². The van der Waals surface area contributed by atoms with E-state index in [2.05, 4.69) is 38.3 Å². The first kappa shape index (κ1) is 14.4. The lowest BCUT2D eigenvalue weighted by Gasteiger charge is -2.34. The Morgan fingerprint density at radius 1 is 1.21 bits per heavy atom. The summed E-state index contributed by atoms with van der Waals surface area (Å²) in [6.07, 6.45) is 5.35. The van der Waals surface area contributed by atoms with E-state index >= 15 is 0 Å². The van der Waals surface area contributed by atoms with Crippen LogP contribution in [0.25, 0.3) is 0 Å². The number of rotatable bonds is 4. The SMILES string of the molecule is CNCC1CCCCC1c1c(C)cc(C)cc1OC. The molecule has 1 saturated carbocycles. The zero-order valence-corrected chi connectivity index (χ0v) is 12.8. The summed E-state index contributed by atoms with van der Waals surface area (Å²) in [5, 5.41) is 3.36. The summed E-state index contributed by atoms with van der Waals surface area (Å²) in [4.78, 5) is 0. The Balaban J connectivity index is 2.37. The van der Waals surface area contributed by atoms with E-state index in [4.69, 9.17) is 4.74 Å². The van der Waals surface area contributed by atoms with Crippen LogP contribution in [-0.4, -0.2) is 20.7 Å². The van der Waals surface area contributed by atoms with Crippen molar-refractivity contribution in [1.82, 2.24) is 5.32 Å². The fraction of sp³-hybridized carbons (Fsp3) is 0.647. The zero-order chi connectivity index (χ0) is 13.8. The third-order valence-corrected chi connectivity index (χ3v) is 4.46. The average Bonchev–Trinajstić information content (AvgIpc) is 2.39. The summed E-state index contributed by atoms with van der Waals surface area (Å²) >= 11 is 0. The van der Waals surface area contributed by atoms with Gasteiger partial charge >= 0.3 is 0 Å². The largest absolute Gasteiger partial charge is 0.496 e. The predicted molar refractivity (Wildman–Crippen MR) is 81.1 cm³/mol. The molecule has 1 aromatic rings. The van der Waals surface area contributed by atoms with Crippen LogP contribution in [0.5, 0.6) is 5.75 Å². The van der Waals surface area contributed by atoms with E-state index in [0.29, 0.717) is 5.92 Å². The standard InChI is InChI=1S/C17H27NO/c1-12-9-13(2)17(16(10-12)19-4)15-8-6-5-7-14(15)11-18-3/h9-10,14-15,18H,5-8,11H2,1-4H3. The Morgan fingerprint density at radius 3 is 2.63 bits per heavy atom. The molecule has 2 atom stereocenters. The van der Waals surface area contributed by atoms with Crippen molar-refractivity contribution in [2.75, 3.05) is 20.7 Å². The molecule has 1 aliphatic rings. The van der Waals surface area contributed by atoms with Crippen LogP contribution >= 0.6 is 0 Å². The Morgan fingerprint density at radius 2 is 1.95 bits per heavy atom. The normalized spacial score (nSPS) is 23.4. The molecule has 0 heterocycles. The van der Waals surface area contributed by atoms with Crippen molar-refractivity contribution in [1.29, 1.82) is 0 Å². The molecule has 0 radical (unpaired) electrons. The molecule has 1 aromatic carbocycles. The van der Waals surface area contributed by atoms with Crippen LogP contribution in [-0.2, 0) is 0 Å². The topological polar surface area (TPSA) is 21.3 Å². The molecule has 2 nitrogen and oxygen atoms in total. The smallest absolute Gasteiger partial charge is 0.122 e. The molecule has 19 heavy (non-hydrogen) atoms. The number of aryl methyl sites for hydroxylation is 2. The van der Waals surface area contributed by atoms with E-state index in [9.17, 15) is 0 Å². The highest BCUT2D eigenvalue weighted by molar-refractivity contribution is 5.45. The molecular weight excluding hydrogens is 234 g/mol. The minimum atomic E-state index is 0.650. The molecule has 1 N–H and O–H groups in total. The molecule has 0 saturated heterocycles. The second kappa shape index (κ2) is 6.42. The summed E-state index contributed by atoms with van der Waals surface area (Å²) in [5.74, 6) is 2.48. The first-order chi connectivity index (χ1) is 9.17. The van der Waals surface area contributed by atoms with Crippen LogP contribution < -0.4 is 10.1 Å². The molecule has 2 heteroatoms. The van der Waals surface area contributed by atoms with Gasteiger partial charge in [0.2, 0.25) is 0 Å². The fourth-order valence-electron chi connectivity index (χ4n) is 3.68. The van der Waals surface area contributed by atoms with Crippen LogP contribution in [0, 0.1) is 19.8 Å². The number of hydrogen-bond donors (Lipinski definition) is 1. The molecule has 0 aromatic heterocycles. The second-order valence-electron chi connectivity index (χ2n) is 5.91. The molecule has 2 unspecified atom stereocenters. The summed E-state index contributed by atoms with van der Waals surface area (Å²) in [5.41, 5.74) is 4.14. The Labute approximate surface area is 117 Å². The quantitative estimate of drug-likeness (QED) is 0.890. The van der Waals surface area contributed by atoms with Crippen molar-refractivity contribution >= 4 is 0 Å². The third-order valence-electron chi connectivity index (χ3n) is 4.46. The Bertz CT molecular complexity index is 426. The lowest BCUT2D eigenvalue weighted by atomic mass is 9.73. The maximum atomic E-state index is 5.67. The van der Waals surface area contributed by atoms with Gasteiger partial charge in [-0.05, 0) is 69.3 Å². The van der Waals surface area contributed by atoms with Gasteiger partial charge in [0.1, 0.15) is 5.75 Å². The van der Waals surface area contributed by atoms with E-state index in [0.717, 1.165) is 18.2 Å². The highest BCUT2D eigenvalue weighted by Gasteiger charge is 2.29. The second-order valence-corrected chi connectivity index (χ2v) is 5.91. The van der Waals surface area contributed by atoms with Crippen molar-refractivity contribution in [3.8, 4) is 5.75 Å². The van der Waals surface area contributed by atoms with E-state index in [1.165, 1.54) is 42.4 Å². The van der Waals surface area contributed by atoms with Gasteiger partial charge in [0.25, 0.3) is 0 Å². The first-order valence-electron chi connectivity index (χ1n) is 7.47. The van der Waals surface area contributed by atoms with E-state index in [1.54, 1.807) is 7.11 Å². The van der Waals surface area contributed by atoms with Crippen molar-refractivity contribution in [3.05, 3.63) is 28.8 Å². The molecule has 0 spiro atoms. The molecule has 2 rings (SSSR count). The molecule has 1 aliphatic carbocycles. The lowest BCUT2D eigenvalue weighted by molar-refractivity contribution is 0.292. The van der Waals surface area contributed by atoms with Crippen molar-refractivity contribution in [3.63, 3.8) is 0 Å². The van der Waals surface area contributed by atoms with Gasteiger partial charge in [-0.15, -0.1) is 0 Å². The van der Waals surface area contributed by atoms with E-state index in [-0.39, 0.29) is 0 Å². The van der Waals surface area contributed by atoms with Crippen molar-refractivity contribution in [2.45, 2.75) is 45.4 Å². The molecular formula is C17H27NO. The number of hydrogen-bond acceptors (Lipinski definition) is 2. The number of nitrogens with one attached hydrogen (secondary N) is 1. The van der Waals surface area contributed by atoms with Crippen molar-refractivity contribution in [2.24, 2.45) is 5.92 Å². The van der Waals surface area contributed by atoms with Gasteiger partial charge in [0, 0.05) is 5.56 Å². The molecule has 1 fully saturated rings. The molecule has 0 amide bonds. The summed E-state index contributed by atoms with van der Waals surface area (Å²) in [6, 6.07) is 4.48. The molecule has 0 bridgehead atoms. The van der Waals surface area contributed by atoms with Gasteiger partial charge in [-0.3, -0.25) is 0 Å². The third kappa shape index (κ3) is 3.11. The Kier molecular flexibility index (Phi) is 4.87. The maximum absolute atomic E-state index is 5.67. The van der Waals surface area contributed by atoms with Gasteiger partial charge < -0.3 is 10.1 Å². The lowest BCUT2D eigenvalue weighted by Crippen LogP contribution is -2.28. The van der Waals surface area contributed by atoms with Gasteiger partial charge in [-0.25, -0.2) is 0 Å². The van der Waals surface area contributed by atoms with E-state index < -0.39 is 0 Å². The van der Waals surface area contributed by atoms with Crippen LogP contribution in [0.15, 0.2) is 12.1 Å². The molecule has 0 aliphatic heterocycles. The van der Waals surface area contributed by atoms with Gasteiger partial charge in [0.05, 0.1) is 7.11 Å². The Hall–Kier alpha value is -1.02. The van der Waals surface area contributed by atoms with Crippen LogP contribution in [0.3, 0.4) is 0 Å². The summed E-state index contributed by atoms with van der Waals surface area (Å²) in [6.45, 7) is 5.49. The fourth-order valence-corrected chi connectivity index (χ4v) is 3.68. The average molecular weight is 261 g/mol. The zero-order valence-electron chi connectivity index (χ0n) is 12.8. The highest BCUT2D eigenvalue weighted by atomic mass is 16.5. The number of methoxy groups -OCH3 is 1. The predicted octanol–water partition coefficient (Wildman–Crippen LogP) is 3.81. The monoisotopic (exact) mass is 261 g/mol. The number of benzene rings is 1. The maximum Gasteiger partial charge on any atom is 0.122 e. The summed E-state index contributed by atoms with van der Waals surface area (Å²) in [7, 11) is 3.86. The van der Waals surface area contributed by atoms with Crippen molar-refractivity contribution < 1.29 is 4.74 Å². The highest BCUT2D eigenvalue weighted by Crippen LogP contribution is 2.43. The number of ether oxygens (including phenoxy) is 1. The first-order valence-corrected chi connectivity index (χ1v) is 7.47. The van der Waals surface area contributed by atoms with Crippen LogP contribution in [0.4, 0.5) is 0 Å². The van der Waals surface area contributed by atoms with Crippen LogP contribution in [0.2, 0.25) is 0 Å².